The lowest BCUT2D eigenvalue weighted by molar-refractivity contribution is -0.384. The molecule has 21 heteroatoms. The molecule has 1 aliphatic heterocycles. The Labute approximate surface area is 353 Å². The number of pyridine rings is 6. The van der Waals surface area contributed by atoms with Crippen LogP contribution in [0.2, 0.25) is 5.02 Å². The van der Waals surface area contributed by atoms with Crippen LogP contribution >= 0.6 is 11.6 Å². The highest BCUT2D eigenvalue weighted by molar-refractivity contribution is 6.62. The lowest BCUT2D eigenvalue weighted by Crippen LogP contribution is -2.41. The van der Waals surface area contributed by atoms with Crippen LogP contribution < -0.4 is 28.4 Å². The van der Waals surface area contributed by atoms with Gasteiger partial charge in [-0.25, -0.2) is 15.0 Å². The van der Waals surface area contributed by atoms with Gasteiger partial charge >= 0.3 is 18.5 Å². The first-order valence-electron chi connectivity index (χ1n) is 17.0. The van der Waals surface area contributed by atoms with Crippen molar-refractivity contribution in [2.24, 2.45) is 0 Å². The highest BCUT2D eigenvalue weighted by Crippen LogP contribution is 2.36. The Kier molecular flexibility index (Phi) is 20.1. The van der Waals surface area contributed by atoms with Gasteiger partial charge in [0.05, 0.1) is 32.3 Å². The number of nitrogen functional groups attached to an aromatic ring is 4. The second-order valence-corrected chi connectivity index (χ2v) is 13.0. The molecule has 7 rings (SSSR count). The smallest absolute Gasteiger partial charge is 0.400 e. The molecule has 0 aliphatic carbocycles. The van der Waals surface area contributed by atoms with E-state index in [2.05, 4.69) is 29.9 Å². The van der Waals surface area contributed by atoms with Gasteiger partial charge in [0.1, 0.15) is 10.8 Å². The summed E-state index contributed by atoms with van der Waals surface area (Å²) in [6, 6.07) is 15.7. The third-order valence-corrected chi connectivity index (χ3v) is 8.76. The number of nitrogens with zero attached hydrogens (tertiary/aromatic N) is 8. The average Bonchev–Trinajstić information content (AvgIpc) is 3.43. The van der Waals surface area contributed by atoms with E-state index in [0.717, 1.165) is 23.7 Å². The maximum atomic E-state index is 10.9. The number of aliphatic hydroxyl groups excluding tert-OH is 1. The first kappa shape index (κ1) is 51.2. The first-order chi connectivity index (χ1) is 27.5. The summed E-state index contributed by atoms with van der Waals surface area (Å²) in [6.07, 6.45) is 14.5. The molecule has 0 aromatic carbocycles. The Balaban J connectivity index is 0.000000393. The van der Waals surface area contributed by atoms with Crippen molar-refractivity contribution in [3.8, 4) is 22.3 Å². The fourth-order valence-electron chi connectivity index (χ4n) is 4.82. The second-order valence-electron chi connectivity index (χ2n) is 12.6. The number of nitrogens with two attached hydrogens (primary N) is 4. The van der Waals surface area contributed by atoms with Gasteiger partial charge in [0.25, 0.3) is 0 Å². The van der Waals surface area contributed by atoms with E-state index in [0.29, 0.717) is 22.6 Å². The van der Waals surface area contributed by atoms with Crippen LogP contribution in [0, 0.1) is 20.2 Å². The highest BCUT2D eigenvalue weighted by Gasteiger charge is 2.51. The molecule has 6 aromatic rings. The summed E-state index contributed by atoms with van der Waals surface area (Å²) in [5.41, 5.74) is 25.6. The van der Waals surface area contributed by atoms with Crippen molar-refractivity contribution in [2.75, 3.05) is 30.0 Å². The number of aromatic nitrogens is 6. The largest absolute Gasteiger partial charge is 0.494 e. The number of halogens is 1. The molecular formula is C39H50BClN12O7. The standard InChI is InChI=1S/C11H16BNO2.C10H8N4O2.C10H10N4.C5H4ClN3O2.CH4O.2CH4/c1-10(2)11(3,4)15-12(14-10)9-5-7-13-8-6-9;11-10-9(14(15)16)8(3-6-13-10)7-1-4-12-5-2-7;11-9-8(3-6-14-10(9)12)7-1-4-13-5-2-7;6-3-1-2-8-5(7)4(3)9(10)11;1-2;;/h5-8H,1-4H3;1-6H,(H2,11,13);1-6H,11H2,(H2,12,14);1-2H,(H2,7,8);2H,1H3;2*1H4. The van der Waals surface area contributed by atoms with E-state index in [1.807, 2.05) is 58.0 Å². The molecule has 318 valence electrons. The van der Waals surface area contributed by atoms with Crippen molar-refractivity contribution >= 4 is 58.7 Å². The van der Waals surface area contributed by atoms with Crippen LogP contribution in [0.3, 0.4) is 0 Å². The van der Waals surface area contributed by atoms with Gasteiger partial charge in [0, 0.05) is 68.4 Å². The normalized spacial score (nSPS) is 12.6. The summed E-state index contributed by atoms with van der Waals surface area (Å²) < 4.78 is 11.8. The van der Waals surface area contributed by atoms with E-state index < -0.39 is 9.85 Å². The summed E-state index contributed by atoms with van der Waals surface area (Å²) in [7, 11) is 0.720. The first-order valence-corrected chi connectivity index (χ1v) is 17.4. The molecule has 0 atom stereocenters. The molecule has 0 spiro atoms. The Morgan fingerprint density at radius 1 is 0.583 bits per heavy atom. The molecule has 0 radical (unpaired) electrons. The van der Waals surface area contributed by atoms with Gasteiger partial charge in [-0.15, -0.1) is 0 Å². The van der Waals surface area contributed by atoms with Gasteiger partial charge in [0.2, 0.25) is 11.6 Å². The number of aliphatic hydroxyl groups is 1. The summed E-state index contributed by atoms with van der Waals surface area (Å²) in [5, 5.41) is 28.1. The third-order valence-electron chi connectivity index (χ3n) is 8.46. The number of rotatable bonds is 5. The molecule has 1 fully saturated rings. The zero-order chi connectivity index (χ0) is 43.0. The SMILES string of the molecule is C.C.CC1(C)OB(c2ccncc2)OC1(C)C.CO.Nc1nccc(-c2ccncc2)c1N.Nc1nccc(-c2ccncc2)c1[N+](=O)[O-].Nc1nccc(Cl)c1[N+](=O)[O-]. The molecule has 0 bridgehead atoms. The molecule has 9 N–H and O–H groups in total. The number of hydrogen-bond donors (Lipinski definition) is 5. The predicted octanol–water partition coefficient (Wildman–Crippen LogP) is 6.43. The van der Waals surface area contributed by atoms with E-state index in [1.54, 1.807) is 61.6 Å². The van der Waals surface area contributed by atoms with Crippen LogP contribution in [-0.4, -0.2) is 70.3 Å². The molecule has 0 saturated carbocycles. The quantitative estimate of drug-likeness (QED) is 0.0709. The van der Waals surface area contributed by atoms with Crippen molar-refractivity contribution in [3.63, 3.8) is 0 Å². The minimum Gasteiger partial charge on any atom is -0.400 e. The number of nitro groups is 2. The maximum Gasteiger partial charge on any atom is 0.494 e. The monoisotopic (exact) mass is 844 g/mol. The summed E-state index contributed by atoms with van der Waals surface area (Å²) in [5.74, 6) is 0.112. The van der Waals surface area contributed by atoms with Crippen LogP contribution in [0.25, 0.3) is 22.3 Å². The van der Waals surface area contributed by atoms with Gasteiger partial charge in [-0.1, -0.05) is 26.5 Å². The molecule has 6 aromatic heterocycles. The van der Waals surface area contributed by atoms with Crippen molar-refractivity contribution in [1.29, 1.82) is 0 Å². The molecule has 0 unspecified atom stereocenters. The predicted molar refractivity (Wildman–Crippen MR) is 237 cm³/mol. The summed E-state index contributed by atoms with van der Waals surface area (Å²) >= 11 is 5.46. The molecule has 60 heavy (non-hydrogen) atoms. The topological polar surface area (TPSA) is 306 Å². The van der Waals surface area contributed by atoms with E-state index in [9.17, 15) is 20.2 Å². The zero-order valence-electron chi connectivity index (χ0n) is 32.1. The summed E-state index contributed by atoms with van der Waals surface area (Å²) in [4.78, 5) is 42.8. The molecule has 19 nitrogen and oxygen atoms in total. The zero-order valence-corrected chi connectivity index (χ0v) is 32.9. The van der Waals surface area contributed by atoms with E-state index >= 15 is 0 Å². The fraction of sp³-hybridized carbons (Fsp3) is 0.231. The Hall–Kier alpha value is -6.87. The van der Waals surface area contributed by atoms with Crippen molar-refractivity contribution < 1.29 is 24.3 Å². The van der Waals surface area contributed by atoms with Crippen LogP contribution in [0.15, 0.2) is 110 Å². The molecule has 1 saturated heterocycles. The summed E-state index contributed by atoms with van der Waals surface area (Å²) in [6.45, 7) is 8.20. The van der Waals surface area contributed by atoms with Crippen molar-refractivity contribution in [2.45, 2.75) is 53.8 Å². The van der Waals surface area contributed by atoms with Crippen molar-refractivity contribution in [3.05, 3.63) is 136 Å². The molecular weight excluding hydrogens is 795 g/mol. The van der Waals surface area contributed by atoms with E-state index in [1.165, 1.54) is 18.5 Å². The van der Waals surface area contributed by atoms with Crippen LogP contribution in [-0.2, 0) is 9.31 Å². The molecule has 1 aliphatic rings. The fourth-order valence-corrected chi connectivity index (χ4v) is 5.05. The molecule has 7 heterocycles. The van der Waals surface area contributed by atoms with Gasteiger partial charge in [0.15, 0.2) is 0 Å². The van der Waals surface area contributed by atoms with Gasteiger partial charge in [-0.05, 0) is 98.9 Å². The van der Waals surface area contributed by atoms with Crippen LogP contribution in [0.4, 0.5) is 34.5 Å². The second kappa shape index (κ2) is 23.5. The Bertz CT molecular complexity index is 2230. The minimum absolute atomic E-state index is 0. The maximum absolute atomic E-state index is 10.9. The lowest BCUT2D eigenvalue weighted by atomic mass is 9.80. The van der Waals surface area contributed by atoms with Crippen molar-refractivity contribution in [1.82, 2.24) is 29.9 Å². The number of hydrogen-bond acceptors (Lipinski definition) is 17. The van der Waals surface area contributed by atoms with E-state index in [4.69, 9.17) is 49.0 Å². The number of anilines is 4. The van der Waals surface area contributed by atoms with Gasteiger partial charge in [-0.3, -0.25) is 35.2 Å². The Morgan fingerprint density at radius 3 is 1.37 bits per heavy atom. The van der Waals surface area contributed by atoms with Gasteiger partial charge < -0.3 is 37.3 Å². The van der Waals surface area contributed by atoms with Gasteiger partial charge in [-0.2, -0.15) is 0 Å². The van der Waals surface area contributed by atoms with Crippen LogP contribution in [0.5, 0.6) is 0 Å². The Morgan fingerprint density at radius 2 is 0.950 bits per heavy atom. The lowest BCUT2D eigenvalue weighted by Gasteiger charge is -2.32. The van der Waals surface area contributed by atoms with Crippen LogP contribution in [0.1, 0.15) is 42.5 Å². The average molecular weight is 845 g/mol. The van der Waals surface area contributed by atoms with E-state index in [-0.39, 0.29) is 61.2 Å². The minimum atomic E-state index is -0.662. The third kappa shape index (κ3) is 13.3. The molecule has 0 amide bonds. The highest BCUT2D eigenvalue weighted by atomic mass is 35.5.